The van der Waals surface area contributed by atoms with Crippen LogP contribution in [0.3, 0.4) is 0 Å². The number of carbonyl (C=O) groups excluding carboxylic acids is 1. The summed E-state index contributed by atoms with van der Waals surface area (Å²) in [5.41, 5.74) is 4.77. The van der Waals surface area contributed by atoms with Crippen LogP contribution in [0.2, 0.25) is 0 Å². The predicted octanol–water partition coefficient (Wildman–Crippen LogP) is 3.24. The van der Waals surface area contributed by atoms with Crippen molar-refractivity contribution in [1.29, 1.82) is 0 Å². The molecule has 0 unspecified atom stereocenters. The molecule has 0 aliphatic carbocycles. The highest BCUT2D eigenvalue weighted by Gasteiger charge is 2.19. The van der Waals surface area contributed by atoms with Gasteiger partial charge in [-0.05, 0) is 35.4 Å². The molecular formula is C20H18N4O2. The SMILES string of the molecule is O=C(/C=C/c1cnccc1-c1cn[nH]c1)Nc1ccc(C2COC2)cc1. The van der Waals surface area contributed by atoms with E-state index in [2.05, 4.69) is 20.5 Å². The maximum Gasteiger partial charge on any atom is 0.248 e. The lowest BCUT2D eigenvalue weighted by atomic mass is 9.97. The lowest BCUT2D eigenvalue weighted by molar-refractivity contribution is -0.111. The number of hydrogen-bond donors (Lipinski definition) is 2. The van der Waals surface area contributed by atoms with Gasteiger partial charge >= 0.3 is 0 Å². The van der Waals surface area contributed by atoms with Crippen molar-refractivity contribution in [3.05, 3.63) is 72.3 Å². The van der Waals surface area contributed by atoms with Crippen LogP contribution in [0.15, 0.2) is 61.2 Å². The van der Waals surface area contributed by atoms with Crippen LogP contribution >= 0.6 is 0 Å². The molecule has 1 aliphatic rings. The fraction of sp³-hybridized carbons (Fsp3) is 0.150. The smallest absolute Gasteiger partial charge is 0.248 e. The van der Waals surface area contributed by atoms with Gasteiger partial charge in [-0.15, -0.1) is 0 Å². The van der Waals surface area contributed by atoms with Crippen molar-refractivity contribution in [2.45, 2.75) is 5.92 Å². The molecule has 2 aromatic heterocycles. The second kappa shape index (κ2) is 7.33. The first-order chi connectivity index (χ1) is 12.8. The number of nitrogens with zero attached hydrogens (tertiary/aromatic N) is 2. The number of amides is 1. The zero-order valence-corrected chi connectivity index (χ0v) is 14.1. The Kier molecular flexibility index (Phi) is 4.57. The van der Waals surface area contributed by atoms with Gasteiger partial charge in [0.15, 0.2) is 0 Å². The maximum atomic E-state index is 12.2. The standard InChI is InChI=1S/C20H18N4O2/c25-20(24-18-4-1-14(2-5-18)17-12-26-13-17)6-3-15-9-21-8-7-19(15)16-10-22-23-11-16/h1-11,17H,12-13H2,(H,22,23)(H,24,25)/b6-3+. The predicted molar refractivity (Wildman–Crippen MR) is 99.5 cm³/mol. The van der Waals surface area contributed by atoms with Crippen molar-refractivity contribution >= 4 is 17.7 Å². The van der Waals surface area contributed by atoms with Gasteiger partial charge in [-0.1, -0.05) is 12.1 Å². The number of rotatable bonds is 5. The number of aromatic nitrogens is 3. The molecule has 2 N–H and O–H groups in total. The quantitative estimate of drug-likeness (QED) is 0.695. The van der Waals surface area contributed by atoms with Crippen molar-refractivity contribution in [2.24, 2.45) is 0 Å². The van der Waals surface area contributed by atoms with Gasteiger partial charge in [0.25, 0.3) is 0 Å². The molecule has 4 rings (SSSR count). The number of H-pyrrole nitrogens is 1. The summed E-state index contributed by atoms with van der Waals surface area (Å²) in [4.78, 5) is 16.3. The second-order valence-corrected chi connectivity index (χ2v) is 6.13. The third-order valence-corrected chi connectivity index (χ3v) is 4.36. The number of ether oxygens (including phenoxy) is 1. The third kappa shape index (κ3) is 3.55. The van der Waals surface area contributed by atoms with Crippen molar-refractivity contribution < 1.29 is 9.53 Å². The summed E-state index contributed by atoms with van der Waals surface area (Å²) >= 11 is 0. The molecule has 3 aromatic rings. The molecule has 0 bridgehead atoms. The minimum absolute atomic E-state index is 0.188. The van der Waals surface area contributed by atoms with Gasteiger partial charge in [-0.25, -0.2) is 0 Å². The molecule has 0 atom stereocenters. The van der Waals surface area contributed by atoms with Crippen LogP contribution in [-0.4, -0.2) is 34.3 Å². The molecular weight excluding hydrogens is 328 g/mol. The van der Waals surface area contributed by atoms with Crippen LogP contribution in [0.5, 0.6) is 0 Å². The van der Waals surface area contributed by atoms with E-state index < -0.39 is 0 Å². The molecule has 1 aromatic carbocycles. The minimum atomic E-state index is -0.188. The Bertz CT molecular complexity index is 913. The van der Waals surface area contributed by atoms with Crippen LogP contribution in [0.25, 0.3) is 17.2 Å². The van der Waals surface area contributed by atoms with Crippen molar-refractivity contribution in [3.8, 4) is 11.1 Å². The van der Waals surface area contributed by atoms with Gasteiger partial charge in [0.1, 0.15) is 0 Å². The Labute approximate surface area is 150 Å². The van der Waals surface area contributed by atoms with Gasteiger partial charge in [0.05, 0.1) is 19.4 Å². The first kappa shape index (κ1) is 16.2. The Hall–Kier alpha value is -3.25. The van der Waals surface area contributed by atoms with Gasteiger partial charge in [0, 0.05) is 47.4 Å². The third-order valence-electron chi connectivity index (χ3n) is 4.36. The average molecular weight is 346 g/mol. The lowest BCUT2D eigenvalue weighted by Gasteiger charge is -2.26. The highest BCUT2D eigenvalue weighted by atomic mass is 16.5. The fourth-order valence-electron chi connectivity index (χ4n) is 2.82. The maximum absolute atomic E-state index is 12.2. The fourth-order valence-corrected chi connectivity index (χ4v) is 2.82. The van der Waals surface area contributed by atoms with Gasteiger partial charge in [0.2, 0.25) is 5.91 Å². The van der Waals surface area contributed by atoms with E-state index in [-0.39, 0.29) is 5.91 Å². The Morgan fingerprint density at radius 1 is 1.19 bits per heavy atom. The van der Waals surface area contributed by atoms with E-state index in [9.17, 15) is 4.79 Å². The molecule has 6 nitrogen and oxygen atoms in total. The summed E-state index contributed by atoms with van der Waals surface area (Å²) in [6.45, 7) is 1.55. The van der Waals surface area contributed by atoms with Gasteiger partial charge in [-0.3, -0.25) is 14.9 Å². The highest BCUT2D eigenvalue weighted by molar-refractivity contribution is 6.02. The van der Waals surface area contributed by atoms with Crippen molar-refractivity contribution in [3.63, 3.8) is 0 Å². The van der Waals surface area contributed by atoms with E-state index in [1.54, 1.807) is 30.9 Å². The molecule has 0 spiro atoms. The van der Waals surface area contributed by atoms with E-state index in [0.29, 0.717) is 5.92 Å². The minimum Gasteiger partial charge on any atom is -0.380 e. The number of nitrogens with one attached hydrogen (secondary N) is 2. The monoisotopic (exact) mass is 346 g/mol. The average Bonchev–Trinajstić information content (AvgIpc) is 3.15. The molecule has 1 saturated heterocycles. The molecule has 26 heavy (non-hydrogen) atoms. The first-order valence-corrected chi connectivity index (χ1v) is 8.39. The van der Waals surface area contributed by atoms with Crippen LogP contribution in [0.1, 0.15) is 17.0 Å². The number of aromatic amines is 1. The van der Waals surface area contributed by atoms with E-state index in [1.807, 2.05) is 30.3 Å². The Morgan fingerprint density at radius 3 is 2.73 bits per heavy atom. The van der Waals surface area contributed by atoms with Crippen LogP contribution in [0, 0.1) is 0 Å². The topological polar surface area (TPSA) is 79.9 Å². The second-order valence-electron chi connectivity index (χ2n) is 6.13. The molecule has 0 radical (unpaired) electrons. The Balaban J connectivity index is 1.43. The molecule has 1 fully saturated rings. The number of benzene rings is 1. The largest absolute Gasteiger partial charge is 0.380 e. The summed E-state index contributed by atoms with van der Waals surface area (Å²) in [6.07, 6.45) is 10.2. The normalized spacial score (nSPS) is 14.3. The van der Waals surface area contributed by atoms with E-state index in [4.69, 9.17) is 4.74 Å². The number of anilines is 1. The lowest BCUT2D eigenvalue weighted by Crippen LogP contribution is -2.24. The number of hydrogen-bond acceptors (Lipinski definition) is 4. The summed E-state index contributed by atoms with van der Waals surface area (Å²) in [6, 6.07) is 9.79. The molecule has 3 heterocycles. The van der Waals surface area contributed by atoms with E-state index in [1.165, 1.54) is 11.6 Å². The summed E-state index contributed by atoms with van der Waals surface area (Å²) in [5.74, 6) is 0.290. The zero-order chi connectivity index (χ0) is 17.8. The van der Waals surface area contributed by atoms with E-state index >= 15 is 0 Å². The summed E-state index contributed by atoms with van der Waals surface area (Å²) in [5, 5.41) is 9.63. The molecule has 1 amide bonds. The van der Waals surface area contributed by atoms with Crippen LogP contribution in [-0.2, 0) is 9.53 Å². The van der Waals surface area contributed by atoms with Crippen molar-refractivity contribution in [1.82, 2.24) is 15.2 Å². The summed E-state index contributed by atoms with van der Waals surface area (Å²) < 4.78 is 5.20. The van der Waals surface area contributed by atoms with Crippen LogP contribution in [0.4, 0.5) is 5.69 Å². The number of carbonyl (C=O) groups is 1. The van der Waals surface area contributed by atoms with E-state index in [0.717, 1.165) is 35.6 Å². The zero-order valence-electron chi connectivity index (χ0n) is 14.1. The van der Waals surface area contributed by atoms with Gasteiger partial charge < -0.3 is 10.1 Å². The summed E-state index contributed by atoms with van der Waals surface area (Å²) in [7, 11) is 0. The molecule has 1 aliphatic heterocycles. The number of pyridine rings is 1. The molecule has 130 valence electrons. The highest BCUT2D eigenvalue weighted by Crippen LogP contribution is 2.25. The first-order valence-electron chi connectivity index (χ1n) is 8.39. The van der Waals surface area contributed by atoms with Crippen molar-refractivity contribution in [2.75, 3.05) is 18.5 Å². The Morgan fingerprint density at radius 2 is 2.04 bits per heavy atom. The van der Waals surface area contributed by atoms with Crippen LogP contribution < -0.4 is 5.32 Å². The molecule has 6 heteroatoms. The molecule has 0 saturated carbocycles. The van der Waals surface area contributed by atoms with Gasteiger partial charge in [-0.2, -0.15) is 5.10 Å².